The summed E-state index contributed by atoms with van der Waals surface area (Å²) in [4.78, 5) is 0. The number of hydrogen-bond acceptors (Lipinski definition) is 0. The topological polar surface area (TPSA) is 0 Å². The summed E-state index contributed by atoms with van der Waals surface area (Å²) in [5.74, 6) is 0. The van der Waals surface area contributed by atoms with Crippen LogP contribution in [0.1, 0.15) is 0 Å². The average molecular weight is 320 g/mol. The molecule has 0 bridgehead atoms. The molecule has 0 amide bonds. The Labute approximate surface area is 64.5 Å². The zero-order chi connectivity index (χ0) is 5.82. The molecule has 0 atom stereocenters. The van der Waals surface area contributed by atoms with Crippen molar-refractivity contribution >= 4 is 34.5 Å². The molecule has 0 saturated carbocycles. The SMILES string of the molecule is [Cl][Pb][c]1ccccc1. The van der Waals surface area contributed by atoms with Crippen LogP contribution in [0.5, 0.6) is 0 Å². The predicted octanol–water partition coefficient (Wildman–Crippen LogP) is 1.17. The Bertz CT molecular complexity index is 150. The summed E-state index contributed by atoms with van der Waals surface area (Å²) in [6.45, 7) is 0. The Morgan fingerprint density at radius 3 is 2.12 bits per heavy atom. The Morgan fingerprint density at radius 1 is 1.12 bits per heavy atom. The van der Waals surface area contributed by atoms with E-state index in [1.807, 2.05) is 18.2 Å². The van der Waals surface area contributed by atoms with Crippen LogP contribution < -0.4 is 3.12 Å². The first-order valence-electron chi connectivity index (χ1n) is 2.35. The first-order valence-corrected chi connectivity index (χ1v) is 9.08. The molecule has 0 N–H and O–H groups in total. The molecular weight excluding hydrogens is 315 g/mol. The summed E-state index contributed by atoms with van der Waals surface area (Å²) in [6, 6.07) is 10.3. The average Bonchev–Trinajstić information content (AvgIpc) is 1.90. The second kappa shape index (κ2) is 3.46. The van der Waals surface area contributed by atoms with Gasteiger partial charge in [-0.25, -0.2) is 0 Å². The van der Waals surface area contributed by atoms with Gasteiger partial charge in [0.15, 0.2) is 0 Å². The van der Waals surface area contributed by atoms with Crippen molar-refractivity contribution in [1.82, 2.24) is 0 Å². The van der Waals surface area contributed by atoms with Crippen LogP contribution in [0.4, 0.5) is 0 Å². The molecule has 0 nitrogen and oxygen atoms in total. The molecule has 0 aliphatic carbocycles. The first-order chi connectivity index (χ1) is 3.93. The summed E-state index contributed by atoms with van der Waals surface area (Å²) in [6.07, 6.45) is 0. The minimum absolute atomic E-state index is 0.856. The molecule has 0 aromatic heterocycles. The van der Waals surface area contributed by atoms with Crippen molar-refractivity contribution in [3.05, 3.63) is 30.3 Å². The molecule has 0 saturated heterocycles. The quantitative estimate of drug-likeness (QED) is 0.682. The molecule has 0 aliphatic rings. The van der Waals surface area contributed by atoms with Crippen molar-refractivity contribution in [2.24, 2.45) is 0 Å². The second-order valence-corrected chi connectivity index (χ2v) is 6.10. The van der Waals surface area contributed by atoms with Crippen molar-refractivity contribution in [2.75, 3.05) is 0 Å². The van der Waals surface area contributed by atoms with Gasteiger partial charge >= 0.3 is 64.8 Å². The molecule has 8 heavy (non-hydrogen) atoms. The fourth-order valence-corrected chi connectivity index (χ4v) is 2.84. The third-order valence-electron chi connectivity index (χ3n) is 0.883. The number of benzene rings is 1. The first kappa shape index (κ1) is 6.55. The summed E-state index contributed by atoms with van der Waals surface area (Å²) in [7, 11) is 5.72. The van der Waals surface area contributed by atoms with Crippen LogP contribution in [-0.4, -0.2) is 23.0 Å². The van der Waals surface area contributed by atoms with Crippen LogP contribution in [0.15, 0.2) is 30.3 Å². The van der Waals surface area contributed by atoms with E-state index in [2.05, 4.69) is 12.1 Å². The van der Waals surface area contributed by atoms with Gasteiger partial charge in [-0.05, 0) is 0 Å². The number of halogens is 1. The Morgan fingerprint density at radius 2 is 1.75 bits per heavy atom. The molecular formula is C6H5ClPb. The Balaban J connectivity index is 2.83. The van der Waals surface area contributed by atoms with E-state index in [1.54, 1.807) is 0 Å². The summed E-state index contributed by atoms with van der Waals surface area (Å²) in [5, 5.41) is 0. The second-order valence-electron chi connectivity index (χ2n) is 1.46. The zero-order valence-corrected chi connectivity index (χ0v) is 8.91. The van der Waals surface area contributed by atoms with Crippen LogP contribution in [0.25, 0.3) is 0 Å². The third kappa shape index (κ3) is 1.74. The van der Waals surface area contributed by atoms with Gasteiger partial charge in [0.05, 0.1) is 0 Å². The van der Waals surface area contributed by atoms with Gasteiger partial charge in [0.25, 0.3) is 0 Å². The maximum atomic E-state index is 5.72. The van der Waals surface area contributed by atoms with Crippen molar-refractivity contribution < 1.29 is 0 Å². The molecule has 0 spiro atoms. The molecule has 0 unspecified atom stereocenters. The Kier molecular flexibility index (Phi) is 2.83. The minimum atomic E-state index is -0.856. The van der Waals surface area contributed by atoms with Crippen LogP contribution >= 0.6 is 8.32 Å². The fraction of sp³-hybridized carbons (Fsp3) is 0. The fourth-order valence-electron chi connectivity index (χ4n) is 0.501. The number of hydrogen-bond donors (Lipinski definition) is 0. The van der Waals surface area contributed by atoms with Crippen LogP contribution in [0, 0.1) is 0 Å². The molecule has 1 aromatic rings. The summed E-state index contributed by atoms with van der Waals surface area (Å²) >= 11 is -0.856. The van der Waals surface area contributed by atoms with E-state index in [4.69, 9.17) is 8.32 Å². The van der Waals surface area contributed by atoms with Crippen LogP contribution in [0.3, 0.4) is 0 Å². The van der Waals surface area contributed by atoms with E-state index >= 15 is 0 Å². The van der Waals surface area contributed by atoms with Gasteiger partial charge in [-0.1, -0.05) is 0 Å². The van der Waals surface area contributed by atoms with Crippen LogP contribution in [-0.2, 0) is 0 Å². The normalized spacial score (nSPS) is 9.12. The van der Waals surface area contributed by atoms with Gasteiger partial charge in [0, 0.05) is 0 Å². The maximum absolute atomic E-state index is 5.72. The molecule has 2 radical (unpaired) electrons. The summed E-state index contributed by atoms with van der Waals surface area (Å²) in [5.41, 5.74) is 0. The monoisotopic (exact) mass is 320 g/mol. The van der Waals surface area contributed by atoms with E-state index in [9.17, 15) is 0 Å². The van der Waals surface area contributed by atoms with Crippen molar-refractivity contribution in [3.8, 4) is 0 Å². The van der Waals surface area contributed by atoms with Gasteiger partial charge < -0.3 is 0 Å². The van der Waals surface area contributed by atoms with Crippen LogP contribution in [0.2, 0.25) is 0 Å². The van der Waals surface area contributed by atoms with Gasteiger partial charge in [-0.15, -0.1) is 0 Å². The van der Waals surface area contributed by atoms with E-state index in [0.717, 1.165) is 0 Å². The molecule has 0 fully saturated rings. The van der Waals surface area contributed by atoms with E-state index < -0.39 is 23.0 Å². The molecule has 0 heterocycles. The van der Waals surface area contributed by atoms with E-state index in [0.29, 0.717) is 0 Å². The standard InChI is InChI=1S/C6H5.ClH.Pb/c1-2-4-6-5-3-1;;/h1-5H;1H;/q;;+1/p-1. The predicted molar refractivity (Wildman–Crippen MR) is 37.7 cm³/mol. The zero-order valence-electron chi connectivity index (χ0n) is 4.26. The van der Waals surface area contributed by atoms with E-state index in [-0.39, 0.29) is 0 Å². The molecule has 1 aromatic carbocycles. The third-order valence-corrected chi connectivity index (χ3v) is 4.94. The van der Waals surface area contributed by atoms with Gasteiger partial charge in [0.2, 0.25) is 0 Å². The number of rotatable bonds is 1. The van der Waals surface area contributed by atoms with Gasteiger partial charge in [0.1, 0.15) is 0 Å². The van der Waals surface area contributed by atoms with E-state index in [1.165, 1.54) is 3.12 Å². The molecule has 0 aliphatic heterocycles. The van der Waals surface area contributed by atoms with Crippen molar-refractivity contribution in [2.45, 2.75) is 0 Å². The molecule has 1 rings (SSSR count). The molecule has 2 heteroatoms. The Hall–Kier alpha value is 0.432. The summed E-state index contributed by atoms with van der Waals surface area (Å²) < 4.78 is 1.37. The van der Waals surface area contributed by atoms with Gasteiger partial charge in [-0.2, -0.15) is 0 Å². The van der Waals surface area contributed by atoms with Gasteiger partial charge in [-0.3, -0.25) is 0 Å². The molecule has 40 valence electrons. The van der Waals surface area contributed by atoms with Crippen molar-refractivity contribution in [3.63, 3.8) is 0 Å². The van der Waals surface area contributed by atoms with Crippen molar-refractivity contribution in [1.29, 1.82) is 0 Å².